The summed E-state index contributed by atoms with van der Waals surface area (Å²) >= 11 is 0. The van der Waals surface area contributed by atoms with E-state index >= 15 is 0 Å². The van der Waals surface area contributed by atoms with Crippen LogP contribution >= 0.6 is 0 Å². The zero-order valence-corrected chi connectivity index (χ0v) is 10.00. The van der Waals surface area contributed by atoms with Crippen LogP contribution in [-0.4, -0.2) is 28.8 Å². The fraction of sp³-hybridized carbons (Fsp3) is 0.286. The van der Waals surface area contributed by atoms with Crippen molar-refractivity contribution in [2.24, 2.45) is 0 Å². The number of hydrogen-bond donors (Lipinski definition) is 1. The summed E-state index contributed by atoms with van der Waals surface area (Å²) in [6.07, 6.45) is -0.0271. The zero-order chi connectivity index (χ0) is 13.0. The van der Waals surface area contributed by atoms with Crippen LogP contribution in [0, 0.1) is 0 Å². The molecular formula is C14H11NO4. The Bertz CT molecular complexity index is 697. The summed E-state index contributed by atoms with van der Waals surface area (Å²) in [4.78, 5) is 16.1. The molecule has 0 aliphatic carbocycles. The number of aromatic carboxylic acids is 1. The minimum absolute atomic E-state index is 0.0569. The average molecular weight is 257 g/mol. The molecule has 1 fully saturated rings. The van der Waals surface area contributed by atoms with E-state index in [-0.39, 0.29) is 6.10 Å². The van der Waals surface area contributed by atoms with E-state index in [1.54, 1.807) is 6.07 Å². The maximum atomic E-state index is 11.6. The number of carbonyl (C=O) groups is 1. The van der Waals surface area contributed by atoms with Crippen LogP contribution in [0.5, 0.6) is 0 Å². The molecule has 96 valence electrons. The van der Waals surface area contributed by atoms with Crippen molar-refractivity contribution in [3.05, 3.63) is 41.1 Å². The lowest BCUT2D eigenvalue weighted by Gasteiger charge is -2.23. The van der Waals surface area contributed by atoms with Crippen molar-refractivity contribution in [3.8, 4) is 0 Å². The fourth-order valence-corrected chi connectivity index (χ4v) is 2.84. The molecule has 0 saturated carbocycles. The molecule has 2 aliphatic rings. The van der Waals surface area contributed by atoms with Crippen molar-refractivity contribution in [2.75, 3.05) is 6.61 Å². The van der Waals surface area contributed by atoms with E-state index in [1.165, 1.54) is 0 Å². The number of fused-ring (bicyclic) bond motifs is 5. The summed E-state index contributed by atoms with van der Waals surface area (Å²) in [5.74, 6) is -0.920. The molecule has 0 radical (unpaired) electrons. The number of carboxylic acid groups (broad SMARTS) is 1. The van der Waals surface area contributed by atoms with Gasteiger partial charge in [0.15, 0.2) is 0 Å². The molecule has 19 heavy (non-hydrogen) atoms. The molecule has 5 nitrogen and oxygen atoms in total. The first-order valence-electron chi connectivity index (χ1n) is 6.16. The number of carboxylic acids is 1. The average Bonchev–Trinajstić information content (AvgIpc) is 2.79. The Morgan fingerprint density at radius 1 is 1.37 bits per heavy atom. The molecule has 2 aromatic rings. The van der Waals surface area contributed by atoms with Crippen molar-refractivity contribution in [3.63, 3.8) is 0 Å². The van der Waals surface area contributed by atoms with Gasteiger partial charge >= 0.3 is 5.97 Å². The number of para-hydroxylation sites is 1. The molecule has 5 heteroatoms. The molecule has 2 bridgehead atoms. The summed E-state index contributed by atoms with van der Waals surface area (Å²) in [5.41, 5.74) is 2.37. The fourth-order valence-electron chi connectivity index (χ4n) is 2.84. The predicted molar refractivity (Wildman–Crippen MR) is 66.0 cm³/mol. The Labute approximate surface area is 108 Å². The number of aromatic nitrogens is 1. The van der Waals surface area contributed by atoms with Gasteiger partial charge < -0.3 is 14.6 Å². The summed E-state index contributed by atoms with van der Waals surface area (Å²) < 4.78 is 11.1. The Morgan fingerprint density at radius 2 is 2.21 bits per heavy atom. The van der Waals surface area contributed by atoms with Crippen LogP contribution in [0.15, 0.2) is 24.3 Å². The first kappa shape index (κ1) is 10.9. The summed E-state index contributed by atoms with van der Waals surface area (Å²) in [6, 6.07) is 7.27. The molecule has 3 heterocycles. The van der Waals surface area contributed by atoms with Gasteiger partial charge in [-0.1, -0.05) is 18.2 Å². The summed E-state index contributed by atoms with van der Waals surface area (Å²) in [6.45, 7) is 0.496. The number of hydrogen-bond acceptors (Lipinski definition) is 4. The highest BCUT2D eigenvalue weighted by Crippen LogP contribution is 2.38. The second-order valence-electron chi connectivity index (χ2n) is 4.80. The number of nitrogens with zero attached hydrogens (tertiary/aromatic N) is 1. The van der Waals surface area contributed by atoms with Crippen molar-refractivity contribution < 1.29 is 19.4 Å². The third-order valence-electron chi connectivity index (χ3n) is 3.64. The van der Waals surface area contributed by atoms with E-state index in [0.717, 1.165) is 5.56 Å². The van der Waals surface area contributed by atoms with E-state index in [2.05, 4.69) is 4.98 Å². The molecule has 1 N–H and O–H groups in total. The Morgan fingerprint density at radius 3 is 3.05 bits per heavy atom. The van der Waals surface area contributed by atoms with E-state index in [9.17, 15) is 9.90 Å². The first-order chi connectivity index (χ1) is 9.24. The van der Waals surface area contributed by atoms with Gasteiger partial charge in [0.25, 0.3) is 0 Å². The van der Waals surface area contributed by atoms with Crippen LogP contribution in [0.3, 0.4) is 0 Å². The zero-order valence-electron chi connectivity index (χ0n) is 10.00. The van der Waals surface area contributed by atoms with Crippen molar-refractivity contribution in [1.82, 2.24) is 4.98 Å². The number of rotatable bonds is 1. The van der Waals surface area contributed by atoms with E-state index in [1.807, 2.05) is 18.2 Å². The molecule has 0 amide bonds. The lowest BCUT2D eigenvalue weighted by molar-refractivity contribution is -0.0708. The van der Waals surface area contributed by atoms with Crippen molar-refractivity contribution in [1.29, 1.82) is 0 Å². The van der Waals surface area contributed by atoms with Gasteiger partial charge in [0.2, 0.25) is 6.29 Å². The van der Waals surface area contributed by atoms with Gasteiger partial charge in [0.1, 0.15) is 5.69 Å². The summed E-state index contributed by atoms with van der Waals surface area (Å²) in [5, 5.41) is 10.2. The molecule has 4 rings (SSSR count). The monoisotopic (exact) mass is 257 g/mol. The maximum Gasteiger partial charge on any atom is 0.336 e. The standard InChI is InChI=1S/C14H11NO4/c16-13(17)11-8-3-1-2-4-10(8)15-12-9(11)5-7-6-18-14(12)19-7/h1-4,7,14H,5-6H2,(H,16,17)/t7-,14+/m1/s1. The largest absolute Gasteiger partial charge is 0.478 e. The Kier molecular flexibility index (Phi) is 2.15. The van der Waals surface area contributed by atoms with Crippen LogP contribution in [0.2, 0.25) is 0 Å². The van der Waals surface area contributed by atoms with Gasteiger partial charge in [-0.2, -0.15) is 0 Å². The third kappa shape index (κ3) is 1.49. The van der Waals surface area contributed by atoms with Gasteiger partial charge in [-0.25, -0.2) is 9.78 Å². The molecule has 1 aromatic carbocycles. The topological polar surface area (TPSA) is 68.7 Å². The van der Waals surface area contributed by atoms with Gasteiger partial charge in [-0.15, -0.1) is 0 Å². The minimum atomic E-state index is -0.920. The van der Waals surface area contributed by atoms with Crippen LogP contribution < -0.4 is 0 Å². The van der Waals surface area contributed by atoms with Crippen LogP contribution in [0.1, 0.15) is 27.9 Å². The highest BCUT2D eigenvalue weighted by molar-refractivity contribution is 6.04. The van der Waals surface area contributed by atoms with Gasteiger partial charge in [0.05, 0.1) is 23.8 Å². The SMILES string of the molecule is O=C(O)c1c2c(nc3ccccc13)[C@H]1OC[C@@H](C2)O1. The quantitative estimate of drug-likeness (QED) is 0.845. The van der Waals surface area contributed by atoms with Crippen LogP contribution in [-0.2, 0) is 15.9 Å². The number of ether oxygens (including phenoxy) is 2. The van der Waals surface area contributed by atoms with Gasteiger partial charge in [0, 0.05) is 11.8 Å². The van der Waals surface area contributed by atoms with Gasteiger partial charge in [-0.05, 0) is 11.6 Å². The van der Waals surface area contributed by atoms with Gasteiger partial charge in [-0.3, -0.25) is 0 Å². The molecule has 0 unspecified atom stereocenters. The third-order valence-corrected chi connectivity index (χ3v) is 3.64. The second kappa shape index (κ2) is 3.76. The normalized spacial score (nSPS) is 24.4. The molecule has 1 aromatic heterocycles. The lowest BCUT2D eigenvalue weighted by atomic mass is 9.95. The van der Waals surface area contributed by atoms with E-state index in [0.29, 0.717) is 35.2 Å². The molecular weight excluding hydrogens is 246 g/mol. The van der Waals surface area contributed by atoms with E-state index < -0.39 is 12.3 Å². The van der Waals surface area contributed by atoms with Crippen LogP contribution in [0.25, 0.3) is 10.9 Å². The lowest BCUT2D eigenvalue weighted by Crippen LogP contribution is -2.23. The Balaban J connectivity index is 2.09. The first-order valence-corrected chi connectivity index (χ1v) is 6.16. The van der Waals surface area contributed by atoms with Crippen molar-refractivity contribution in [2.45, 2.75) is 18.8 Å². The Hall–Kier alpha value is -1.98. The highest BCUT2D eigenvalue weighted by atomic mass is 16.7. The van der Waals surface area contributed by atoms with Crippen molar-refractivity contribution >= 4 is 16.9 Å². The number of pyridine rings is 1. The maximum absolute atomic E-state index is 11.6. The summed E-state index contributed by atoms with van der Waals surface area (Å²) in [7, 11) is 0. The molecule has 2 aliphatic heterocycles. The van der Waals surface area contributed by atoms with Crippen LogP contribution in [0.4, 0.5) is 0 Å². The molecule has 2 atom stereocenters. The second-order valence-corrected chi connectivity index (χ2v) is 4.80. The van der Waals surface area contributed by atoms with E-state index in [4.69, 9.17) is 9.47 Å². The molecule has 1 saturated heterocycles. The highest BCUT2D eigenvalue weighted by Gasteiger charge is 2.38. The molecule has 0 spiro atoms. The predicted octanol–water partition coefficient (Wildman–Crippen LogP) is 1.90. The minimum Gasteiger partial charge on any atom is -0.478 e. The smallest absolute Gasteiger partial charge is 0.336 e. The number of benzene rings is 1.